The van der Waals surface area contributed by atoms with Gasteiger partial charge in [-0.15, -0.1) is 0 Å². The van der Waals surface area contributed by atoms with Crippen molar-refractivity contribution in [1.82, 2.24) is 19.8 Å². The Morgan fingerprint density at radius 1 is 1.03 bits per heavy atom. The van der Waals surface area contributed by atoms with Crippen molar-refractivity contribution < 1.29 is 9.53 Å². The Bertz CT molecular complexity index is 827. The number of methoxy groups -OCH3 is 1. The van der Waals surface area contributed by atoms with Gasteiger partial charge in [0, 0.05) is 25.7 Å². The number of likely N-dealkylation sites (tertiary alicyclic amines) is 2. The quantitative estimate of drug-likeness (QED) is 0.779. The highest BCUT2D eigenvalue weighted by Crippen LogP contribution is 2.40. The minimum Gasteiger partial charge on any atom is -0.497 e. The van der Waals surface area contributed by atoms with E-state index in [2.05, 4.69) is 27.0 Å². The Morgan fingerprint density at radius 2 is 1.79 bits per heavy atom. The number of aryl methyl sites for hydroxylation is 1. The molecule has 2 aliphatic heterocycles. The number of hydrogen-bond acceptors (Lipinski definition) is 5. The molecule has 1 spiro atoms. The number of hydrogen-bond donors (Lipinski definition) is 0. The Kier molecular flexibility index (Phi) is 5.81. The van der Waals surface area contributed by atoms with Crippen LogP contribution >= 0.6 is 0 Å². The number of ether oxygens (including phenoxy) is 1. The van der Waals surface area contributed by atoms with Crippen LogP contribution in [0.2, 0.25) is 0 Å². The monoisotopic (exact) mass is 394 g/mol. The maximum absolute atomic E-state index is 12.5. The maximum atomic E-state index is 12.5. The fourth-order valence-electron chi connectivity index (χ4n) is 4.53. The first-order chi connectivity index (χ1) is 14.0. The molecule has 4 rings (SSSR count). The molecule has 1 aromatic heterocycles. The topological polar surface area (TPSA) is 58.6 Å². The van der Waals surface area contributed by atoms with Crippen molar-refractivity contribution in [2.75, 3.05) is 26.7 Å². The smallest absolute Gasteiger partial charge is 0.222 e. The number of rotatable bonds is 5. The predicted octanol–water partition coefficient (Wildman–Crippen LogP) is 3.20. The summed E-state index contributed by atoms with van der Waals surface area (Å²) >= 11 is 0. The normalized spacial score (nSPS) is 19.5. The van der Waals surface area contributed by atoms with E-state index in [1.54, 1.807) is 19.5 Å². The van der Waals surface area contributed by atoms with E-state index in [9.17, 15) is 4.79 Å². The summed E-state index contributed by atoms with van der Waals surface area (Å²) < 4.78 is 5.25. The van der Waals surface area contributed by atoms with E-state index >= 15 is 0 Å². The van der Waals surface area contributed by atoms with E-state index in [4.69, 9.17) is 4.74 Å². The van der Waals surface area contributed by atoms with Crippen LogP contribution in [0.1, 0.15) is 42.6 Å². The van der Waals surface area contributed by atoms with Gasteiger partial charge in [0.25, 0.3) is 0 Å². The number of carbonyl (C=O) groups excluding carboxylic acids is 1. The number of aromatic nitrogens is 2. The van der Waals surface area contributed by atoms with Gasteiger partial charge in [-0.05, 0) is 62.4 Å². The zero-order valence-electron chi connectivity index (χ0n) is 17.4. The first kappa shape index (κ1) is 19.8. The highest BCUT2D eigenvalue weighted by Gasteiger charge is 2.40. The molecule has 1 amide bonds. The van der Waals surface area contributed by atoms with Crippen molar-refractivity contribution >= 4 is 5.91 Å². The molecule has 2 aromatic rings. The summed E-state index contributed by atoms with van der Waals surface area (Å²) in [6.45, 7) is 6.48. The van der Waals surface area contributed by atoms with Crippen molar-refractivity contribution in [3.05, 3.63) is 53.6 Å². The average molecular weight is 395 g/mol. The van der Waals surface area contributed by atoms with Crippen molar-refractivity contribution in [2.24, 2.45) is 5.41 Å². The van der Waals surface area contributed by atoms with Crippen molar-refractivity contribution in [1.29, 1.82) is 0 Å². The number of carbonyl (C=O) groups is 1. The first-order valence-corrected chi connectivity index (χ1v) is 10.5. The fourth-order valence-corrected chi connectivity index (χ4v) is 4.53. The van der Waals surface area contributed by atoms with E-state index < -0.39 is 0 Å². The Balaban J connectivity index is 1.34. The van der Waals surface area contributed by atoms with Gasteiger partial charge in [0.15, 0.2) is 0 Å². The fraction of sp³-hybridized carbons (Fsp3) is 0.522. The second-order valence-corrected chi connectivity index (χ2v) is 8.52. The lowest BCUT2D eigenvalue weighted by atomic mass is 9.72. The van der Waals surface area contributed by atoms with Gasteiger partial charge in [0.1, 0.15) is 5.75 Å². The first-order valence-electron chi connectivity index (χ1n) is 10.5. The van der Waals surface area contributed by atoms with E-state index in [0.717, 1.165) is 62.6 Å². The largest absolute Gasteiger partial charge is 0.497 e. The van der Waals surface area contributed by atoms with Crippen LogP contribution in [-0.2, 0) is 17.9 Å². The van der Waals surface area contributed by atoms with Crippen LogP contribution in [0, 0.1) is 12.3 Å². The molecule has 0 aliphatic carbocycles. The summed E-state index contributed by atoms with van der Waals surface area (Å²) in [5.74, 6) is 1.15. The third kappa shape index (κ3) is 4.75. The molecule has 1 aromatic carbocycles. The Hall–Kier alpha value is -2.47. The van der Waals surface area contributed by atoms with Gasteiger partial charge < -0.3 is 9.64 Å². The van der Waals surface area contributed by atoms with Gasteiger partial charge in [0.2, 0.25) is 5.91 Å². The lowest BCUT2D eigenvalue weighted by molar-refractivity contribution is -0.140. The molecule has 0 bridgehead atoms. The summed E-state index contributed by atoms with van der Waals surface area (Å²) in [6.07, 6.45) is 7.52. The summed E-state index contributed by atoms with van der Waals surface area (Å²) in [4.78, 5) is 25.8. The summed E-state index contributed by atoms with van der Waals surface area (Å²) in [5, 5.41) is 0. The van der Waals surface area contributed by atoms with Crippen molar-refractivity contribution in [2.45, 2.75) is 45.7 Å². The van der Waals surface area contributed by atoms with Crippen LogP contribution in [0.15, 0.2) is 36.7 Å². The molecule has 0 atom stereocenters. The highest BCUT2D eigenvalue weighted by atomic mass is 16.5. The van der Waals surface area contributed by atoms with Gasteiger partial charge >= 0.3 is 0 Å². The second-order valence-electron chi connectivity index (χ2n) is 8.52. The zero-order valence-corrected chi connectivity index (χ0v) is 17.4. The molecule has 3 heterocycles. The van der Waals surface area contributed by atoms with E-state index in [0.29, 0.717) is 13.0 Å². The van der Waals surface area contributed by atoms with Crippen molar-refractivity contribution in [3.63, 3.8) is 0 Å². The van der Waals surface area contributed by atoms with Crippen LogP contribution in [0.4, 0.5) is 0 Å². The molecule has 29 heavy (non-hydrogen) atoms. The van der Waals surface area contributed by atoms with Crippen LogP contribution in [0.5, 0.6) is 5.75 Å². The van der Waals surface area contributed by atoms with Crippen LogP contribution < -0.4 is 4.74 Å². The molecule has 2 fully saturated rings. The Labute approximate surface area is 172 Å². The van der Waals surface area contributed by atoms with Crippen LogP contribution in [0.25, 0.3) is 0 Å². The van der Waals surface area contributed by atoms with Gasteiger partial charge in [-0.2, -0.15) is 0 Å². The van der Waals surface area contributed by atoms with Crippen LogP contribution in [0.3, 0.4) is 0 Å². The molecule has 6 heteroatoms. The maximum Gasteiger partial charge on any atom is 0.222 e. The van der Waals surface area contributed by atoms with Gasteiger partial charge in [0.05, 0.1) is 31.2 Å². The second kappa shape index (κ2) is 8.49. The lowest BCUT2D eigenvalue weighted by Crippen LogP contribution is -2.51. The number of amides is 1. The number of nitrogens with zero attached hydrogens (tertiary/aromatic N) is 4. The zero-order chi connectivity index (χ0) is 20.3. The van der Waals surface area contributed by atoms with Gasteiger partial charge in [-0.1, -0.05) is 12.1 Å². The van der Waals surface area contributed by atoms with E-state index in [1.807, 2.05) is 24.0 Å². The molecule has 0 N–H and O–H groups in total. The summed E-state index contributed by atoms with van der Waals surface area (Å²) in [7, 11) is 1.70. The van der Waals surface area contributed by atoms with Crippen LogP contribution in [-0.4, -0.2) is 52.4 Å². The molecule has 2 aliphatic rings. The van der Waals surface area contributed by atoms with Gasteiger partial charge in [-0.3, -0.25) is 19.7 Å². The summed E-state index contributed by atoms with van der Waals surface area (Å²) in [5.41, 5.74) is 3.35. The molecule has 0 radical (unpaired) electrons. The number of benzene rings is 1. The minimum atomic E-state index is 0.249. The third-order valence-electron chi connectivity index (χ3n) is 6.42. The Morgan fingerprint density at radius 3 is 2.45 bits per heavy atom. The third-order valence-corrected chi connectivity index (χ3v) is 6.42. The molecule has 0 saturated carbocycles. The van der Waals surface area contributed by atoms with Gasteiger partial charge in [-0.25, -0.2) is 0 Å². The predicted molar refractivity (Wildman–Crippen MR) is 111 cm³/mol. The number of piperidine rings is 2. The lowest BCUT2D eigenvalue weighted by Gasteiger charge is -2.47. The molecule has 0 unspecified atom stereocenters. The molecule has 2 saturated heterocycles. The summed E-state index contributed by atoms with van der Waals surface area (Å²) in [6, 6.07) is 8.35. The molecular formula is C23H30N4O2. The SMILES string of the molecule is COc1ccc(CN2CCC3(CCC(=O)N(Cc4cnc(C)cn4)C3)CC2)cc1. The molecule has 6 nitrogen and oxygen atoms in total. The standard InChI is InChI=1S/C23H30N4O2/c1-18-13-25-20(14-24-18)16-27-17-23(8-7-22(27)28)9-11-26(12-10-23)15-19-3-5-21(29-2)6-4-19/h3-6,13-14H,7-12,15-17H2,1-2H3. The van der Waals surface area contributed by atoms with E-state index in [-0.39, 0.29) is 11.3 Å². The van der Waals surface area contributed by atoms with Crippen molar-refractivity contribution in [3.8, 4) is 5.75 Å². The molecular weight excluding hydrogens is 364 g/mol. The minimum absolute atomic E-state index is 0.249. The van der Waals surface area contributed by atoms with E-state index in [1.165, 1.54) is 5.56 Å². The highest BCUT2D eigenvalue weighted by molar-refractivity contribution is 5.77. The average Bonchev–Trinajstić information content (AvgIpc) is 2.75. The molecule has 154 valence electrons.